The van der Waals surface area contributed by atoms with Gasteiger partial charge in [-0.2, -0.15) is 0 Å². The number of nitrogens with one attached hydrogen (secondary N) is 1. The molecule has 0 aliphatic rings. The molecule has 0 aliphatic carbocycles. The van der Waals surface area contributed by atoms with Crippen molar-refractivity contribution in [3.63, 3.8) is 0 Å². The van der Waals surface area contributed by atoms with Crippen LogP contribution >= 0.6 is 15.9 Å². The number of ketones is 1. The number of hydrogen-bond acceptors (Lipinski definition) is 2. The smallest absolute Gasteiger partial charge is 0.180 e. The molecule has 0 spiro atoms. The SMILES string of the molecule is CC(=O)c1nccc2c1[nH]c1cc(Br)ccc12. The monoisotopic (exact) mass is 288 g/mol. The van der Waals surface area contributed by atoms with Crippen molar-refractivity contribution in [3.8, 4) is 0 Å². The van der Waals surface area contributed by atoms with Crippen LogP contribution in [0.5, 0.6) is 0 Å². The van der Waals surface area contributed by atoms with Gasteiger partial charge in [0.25, 0.3) is 0 Å². The fraction of sp³-hybridized carbons (Fsp3) is 0.0769. The molecule has 0 bridgehead atoms. The first-order valence-electron chi connectivity index (χ1n) is 5.23. The van der Waals surface area contributed by atoms with Crippen molar-refractivity contribution in [1.29, 1.82) is 0 Å². The summed E-state index contributed by atoms with van der Waals surface area (Å²) in [6, 6.07) is 7.94. The molecule has 84 valence electrons. The topological polar surface area (TPSA) is 45.8 Å². The fourth-order valence-corrected chi connectivity index (χ4v) is 2.43. The molecule has 3 aromatic rings. The van der Waals surface area contributed by atoms with E-state index < -0.39 is 0 Å². The third-order valence-corrected chi connectivity index (χ3v) is 3.31. The molecular weight excluding hydrogens is 280 g/mol. The Morgan fingerprint density at radius 2 is 2.12 bits per heavy atom. The van der Waals surface area contributed by atoms with Crippen LogP contribution < -0.4 is 0 Å². The number of rotatable bonds is 1. The molecule has 17 heavy (non-hydrogen) atoms. The average Bonchev–Trinajstić information content (AvgIpc) is 2.65. The molecule has 0 aliphatic heterocycles. The molecule has 0 unspecified atom stereocenters. The first-order chi connectivity index (χ1) is 8.16. The van der Waals surface area contributed by atoms with Crippen LogP contribution in [0.25, 0.3) is 21.8 Å². The molecule has 2 heterocycles. The highest BCUT2D eigenvalue weighted by Crippen LogP contribution is 2.28. The molecule has 0 radical (unpaired) electrons. The number of aromatic amines is 1. The number of fused-ring (bicyclic) bond motifs is 3. The molecule has 0 saturated heterocycles. The van der Waals surface area contributed by atoms with Gasteiger partial charge < -0.3 is 4.98 Å². The van der Waals surface area contributed by atoms with E-state index in [0.717, 1.165) is 26.3 Å². The van der Waals surface area contributed by atoms with Crippen LogP contribution in [-0.2, 0) is 0 Å². The van der Waals surface area contributed by atoms with Gasteiger partial charge in [0, 0.05) is 33.9 Å². The number of aromatic nitrogens is 2. The molecule has 1 N–H and O–H groups in total. The van der Waals surface area contributed by atoms with Gasteiger partial charge >= 0.3 is 0 Å². The normalized spacial score (nSPS) is 11.2. The zero-order chi connectivity index (χ0) is 12.0. The highest BCUT2D eigenvalue weighted by molar-refractivity contribution is 9.10. The second-order valence-corrected chi connectivity index (χ2v) is 4.87. The Bertz CT molecular complexity index is 746. The van der Waals surface area contributed by atoms with E-state index in [1.165, 1.54) is 6.92 Å². The van der Waals surface area contributed by atoms with Crippen LogP contribution in [-0.4, -0.2) is 15.8 Å². The molecule has 1 aromatic carbocycles. The van der Waals surface area contributed by atoms with Crippen molar-refractivity contribution in [3.05, 3.63) is 40.6 Å². The van der Waals surface area contributed by atoms with Crippen LogP contribution in [0, 0.1) is 0 Å². The summed E-state index contributed by atoms with van der Waals surface area (Å²) in [4.78, 5) is 18.9. The fourth-order valence-electron chi connectivity index (χ4n) is 2.07. The second-order valence-electron chi connectivity index (χ2n) is 3.95. The highest BCUT2D eigenvalue weighted by atomic mass is 79.9. The van der Waals surface area contributed by atoms with E-state index in [0.29, 0.717) is 5.69 Å². The van der Waals surface area contributed by atoms with E-state index in [9.17, 15) is 4.79 Å². The number of nitrogens with zero attached hydrogens (tertiary/aromatic N) is 1. The quantitative estimate of drug-likeness (QED) is 0.694. The largest absolute Gasteiger partial charge is 0.353 e. The molecule has 0 fully saturated rings. The lowest BCUT2D eigenvalue weighted by Crippen LogP contribution is -1.96. The van der Waals surface area contributed by atoms with E-state index >= 15 is 0 Å². The maximum atomic E-state index is 11.5. The summed E-state index contributed by atoms with van der Waals surface area (Å²) >= 11 is 3.43. The molecule has 4 heteroatoms. The third-order valence-electron chi connectivity index (χ3n) is 2.82. The van der Waals surface area contributed by atoms with Crippen molar-refractivity contribution < 1.29 is 4.79 Å². The number of hydrogen-bond donors (Lipinski definition) is 1. The standard InChI is InChI=1S/C13H9BrN2O/c1-7(17)12-13-10(4-5-15-12)9-3-2-8(14)6-11(9)16-13/h2-6,16H,1H3. The van der Waals surface area contributed by atoms with Gasteiger partial charge in [-0.05, 0) is 18.2 Å². The van der Waals surface area contributed by atoms with E-state index in [1.807, 2.05) is 24.3 Å². The molecule has 0 saturated carbocycles. The maximum absolute atomic E-state index is 11.5. The number of benzene rings is 1. The Hall–Kier alpha value is -1.68. The predicted octanol–water partition coefficient (Wildman–Crippen LogP) is 3.68. The van der Waals surface area contributed by atoms with Gasteiger partial charge in [-0.3, -0.25) is 9.78 Å². The van der Waals surface area contributed by atoms with Gasteiger partial charge in [-0.1, -0.05) is 22.0 Å². The maximum Gasteiger partial charge on any atom is 0.180 e. The summed E-state index contributed by atoms with van der Waals surface area (Å²) in [5.74, 6) is -0.0266. The summed E-state index contributed by atoms with van der Waals surface area (Å²) in [7, 11) is 0. The first kappa shape index (κ1) is 10.5. The Labute approximate surface area is 106 Å². The Kier molecular flexibility index (Phi) is 2.26. The van der Waals surface area contributed by atoms with Crippen molar-refractivity contribution >= 4 is 43.5 Å². The summed E-state index contributed by atoms with van der Waals surface area (Å²) in [5.41, 5.74) is 2.31. The second kappa shape index (κ2) is 3.67. The van der Waals surface area contributed by atoms with Gasteiger partial charge in [0.2, 0.25) is 0 Å². The Morgan fingerprint density at radius 1 is 1.29 bits per heavy atom. The van der Waals surface area contributed by atoms with E-state index in [-0.39, 0.29) is 5.78 Å². The van der Waals surface area contributed by atoms with E-state index in [4.69, 9.17) is 0 Å². The predicted molar refractivity (Wildman–Crippen MR) is 71.3 cm³/mol. The van der Waals surface area contributed by atoms with Gasteiger partial charge in [-0.15, -0.1) is 0 Å². The summed E-state index contributed by atoms with van der Waals surface area (Å²) in [6.07, 6.45) is 1.67. The number of carbonyl (C=O) groups is 1. The Morgan fingerprint density at radius 3 is 2.88 bits per heavy atom. The van der Waals surface area contributed by atoms with Crippen LogP contribution in [0.4, 0.5) is 0 Å². The lowest BCUT2D eigenvalue weighted by atomic mass is 10.1. The minimum Gasteiger partial charge on any atom is -0.353 e. The molecule has 0 atom stereocenters. The summed E-state index contributed by atoms with van der Waals surface area (Å²) < 4.78 is 1.01. The van der Waals surface area contributed by atoms with Crippen molar-refractivity contribution in [1.82, 2.24) is 9.97 Å². The van der Waals surface area contributed by atoms with Gasteiger partial charge in [-0.25, -0.2) is 0 Å². The highest BCUT2D eigenvalue weighted by Gasteiger charge is 2.11. The lowest BCUT2D eigenvalue weighted by Gasteiger charge is -1.96. The molecule has 3 nitrogen and oxygen atoms in total. The number of halogens is 1. The van der Waals surface area contributed by atoms with E-state index in [1.54, 1.807) is 6.20 Å². The van der Waals surface area contributed by atoms with Crippen molar-refractivity contribution in [2.45, 2.75) is 6.92 Å². The van der Waals surface area contributed by atoms with Crippen LogP contribution in [0.3, 0.4) is 0 Å². The number of pyridine rings is 1. The van der Waals surface area contributed by atoms with Crippen molar-refractivity contribution in [2.75, 3.05) is 0 Å². The third kappa shape index (κ3) is 1.56. The van der Waals surface area contributed by atoms with Crippen LogP contribution in [0.1, 0.15) is 17.4 Å². The first-order valence-corrected chi connectivity index (χ1v) is 6.03. The Balaban J connectivity index is 2.50. The molecule has 0 amide bonds. The molecule has 3 rings (SSSR count). The molecule has 2 aromatic heterocycles. The number of Topliss-reactive ketones (excluding diaryl/α,β-unsaturated/α-hetero) is 1. The lowest BCUT2D eigenvalue weighted by molar-refractivity contribution is 0.101. The summed E-state index contributed by atoms with van der Waals surface area (Å²) in [6.45, 7) is 1.53. The minimum atomic E-state index is -0.0266. The number of carbonyl (C=O) groups excluding carboxylic acids is 1. The average molecular weight is 289 g/mol. The van der Waals surface area contributed by atoms with E-state index in [2.05, 4.69) is 25.9 Å². The number of H-pyrrole nitrogens is 1. The zero-order valence-corrected chi connectivity index (χ0v) is 10.7. The molecular formula is C13H9BrN2O. The zero-order valence-electron chi connectivity index (χ0n) is 9.12. The van der Waals surface area contributed by atoms with Crippen molar-refractivity contribution in [2.24, 2.45) is 0 Å². The van der Waals surface area contributed by atoms with Gasteiger partial charge in [0.1, 0.15) is 5.69 Å². The van der Waals surface area contributed by atoms with Gasteiger partial charge in [0.15, 0.2) is 5.78 Å². The van der Waals surface area contributed by atoms with Crippen LogP contribution in [0.2, 0.25) is 0 Å². The minimum absolute atomic E-state index is 0.0266. The summed E-state index contributed by atoms with van der Waals surface area (Å²) in [5, 5.41) is 2.14. The van der Waals surface area contributed by atoms with Crippen LogP contribution in [0.15, 0.2) is 34.9 Å². The van der Waals surface area contributed by atoms with Gasteiger partial charge in [0.05, 0.1) is 5.52 Å².